The SMILES string of the molecule is NC1CCN(C(=O)c2ccc(OC(F)(F)F)cc2)C1. The van der Waals surface area contributed by atoms with Crippen LogP contribution >= 0.6 is 0 Å². The Morgan fingerprint density at radius 1 is 1.32 bits per heavy atom. The van der Waals surface area contributed by atoms with Gasteiger partial charge in [-0.05, 0) is 30.7 Å². The highest BCUT2D eigenvalue weighted by atomic mass is 19.4. The summed E-state index contributed by atoms with van der Waals surface area (Å²) in [4.78, 5) is 13.6. The van der Waals surface area contributed by atoms with Crippen molar-refractivity contribution in [3.63, 3.8) is 0 Å². The van der Waals surface area contributed by atoms with Crippen LogP contribution in [0.5, 0.6) is 5.75 Å². The van der Waals surface area contributed by atoms with Gasteiger partial charge in [0.25, 0.3) is 5.91 Å². The van der Waals surface area contributed by atoms with E-state index in [2.05, 4.69) is 4.74 Å². The quantitative estimate of drug-likeness (QED) is 0.894. The fraction of sp³-hybridized carbons (Fsp3) is 0.417. The van der Waals surface area contributed by atoms with Gasteiger partial charge in [-0.15, -0.1) is 13.2 Å². The van der Waals surface area contributed by atoms with Crippen LogP contribution in [0.3, 0.4) is 0 Å². The summed E-state index contributed by atoms with van der Waals surface area (Å²) >= 11 is 0. The van der Waals surface area contributed by atoms with E-state index >= 15 is 0 Å². The molecule has 0 spiro atoms. The van der Waals surface area contributed by atoms with Gasteiger partial charge in [0.15, 0.2) is 0 Å². The van der Waals surface area contributed by atoms with E-state index in [1.807, 2.05) is 0 Å². The average molecular weight is 274 g/mol. The smallest absolute Gasteiger partial charge is 0.406 e. The maximum atomic E-state index is 12.0. The van der Waals surface area contributed by atoms with Crippen LogP contribution in [0.4, 0.5) is 13.2 Å². The van der Waals surface area contributed by atoms with E-state index in [9.17, 15) is 18.0 Å². The highest BCUT2D eigenvalue weighted by molar-refractivity contribution is 5.94. The fourth-order valence-corrected chi connectivity index (χ4v) is 1.95. The molecule has 2 rings (SSSR count). The third-order valence-corrected chi connectivity index (χ3v) is 2.85. The first-order valence-electron chi connectivity index (χ1n) is 5.76. The van der Waals surface area contributed by atoms with Crippen molar-refractivity contribution < 1.29 is 22.7 Å². The number of rotatable bonds is 2. The van der Waals surface area contributed by atoms with E-state index in [4.69, 9.17) is 5.73 Å². The van der Waals surface area contributed by atoms with Crippen LogP contribution in [0.25, 0.3) is 0 Å². The minimum Gasteiger partial charge on any atom is -0.406 e. The van der Waals surface area contributed by atoms with Gasteiger partial charge in [0.1, 0.15) is 5.75 Å². The van der Waals surface area contributed by atoms with E-state index in [1.165, 1.54) is 12.1 Å². The number of benzene rings is 1. The summed E-state index contributed by atoms with van der Waals surface area (Å²) < 4.78 is 39.7. The Morgan fingerprint density at radius 3 is 2.42 bits per heavy atom. The number of ether oxygens (including phenoxy) is 1. The van der Waals surface area contributed by atoms with Crippen LogP contribution in [0.1, 0.15) is 16.8 Å². The molecule has 0 aromatic heterocycles. The molecule has 104 valence electrons. The Labute approximate surface area is 107 Å². The van der Waals surface area contributed by atoms with Crippen LogP contribution in [-0.2, 0) is 0 Å². The fourth-order valence-electron chi connectivity index (χ4n) is 1.95. The second kappa shape index (κ2) is 5.08. The molecule has 1 aromatic carbocycles. The number of halogens is 3. The molecule has 2 N–H and O–H groups in total. The van der Waals surface area contributed by atoms with Gasteiger partial charge < -0.3 is 15.4 Å². The molecule has 1 aliphatic heterocycles. The zero-order valence-corrected chi connectivity index (χ0v) is 9.98. The second-order valence-corrected chi connectivity index (χ2v) is 4.37. The predicted molar refractivity (Wildman–Crippen MR) is 61.6 cm³/mol. The Morgan fingerprint density at radius 2 is 1.95 bits per heavy atom. The molecule has 7 heteroatoms. The minimum absolute atomic E-state index is 0.0308. The zero-order chi connectivity index (χ0) is 14.0. The molecule has 1 heterocycles. The maximum absolute atomic E-state index is 12.0. The molecule has 1 fully saturated rings. The van der Waals surface area contributed by atoms with Crippen LogP contribution in [0.15, 0.2) is 24.3 Å². The largest absolute Gasteiger partial charge is 0.573 e. The van der Waals surface area contributed by atoms with Gasteiger partial charge in [-0.3, -0.25) is 4.79 Å². The van der Waals surface area contributed by atoms with Crippen molar-refractivity contribution in [3.05, 3.63) is 29.8 Å². The third-order valence-electron chi connectivity index (χ3n) is 2.85. The maximum Gasteiger partial charge on any atom is 0.573 e. The molecule has 1 amide bonds. The molecule has 4 nitrogen and oxygen atoms in total. The Balaban J connectivity index is 2.04. The average Bonchev–Trinajstić information content (AvgIpc) is 2.74. The lowest BCUT2D eigenvalue weighted by Gasteiger charge is -2.16. The van der Waals surface area contributed by atoms with Gasteiger partial charge in [-0.25, -0.2) is 0 Å². The van der Waals surface area contributed by atoms with E-state index in [0.29, 0.717) is 18.7 Å². The van der Waals surface area contributed by atoms with Crippen LogP contribution < -0.4 is 10.5 Å². The zero-order valence-electron chi connectivity index (χ0n) is 9.98. The number of amides is 1. The molecule has 1 aromatic rings. The van der Waals surface area contributed by atoms with Gasteiger partial charge >= 0.3 is 6.36 Å². The van der Waals surface area contributed by atoms with E-state index in [-0.39, 0.29) is 17.7 Å². The van der Waals surface area contributed by atoms with Gasteiger partial charge in [-0.2, -0.15) is 0 Å². The number of hydrogen-bond acceptors (Lipinski definition) is 3. The molecular formula is C12H13F3N2O2. The Bertz CT molecular complexity index is 459. The lowest BCUT2D eigenvalue weighted by Crippen LogP contribution is -2.31. The summed E-state index contributed by atoms with van der Waals surface area (Å²) in [6.07, 6.45) is -3.99. The second-order valence-electron chi connectivity index (χ2n) is 4.37. The Kier molecular flexibility index (Phi) is 3.66. The number of alkyl halides is 3. The van der Waals surface area contributed by atoms with Crippen molar-refractivity contribution in [2.24, 2.45) is 5.73 Å². The molecule has 19 heavy (non-hydrogen) atoms. The molecule has 1 atom stereocenters. The summed E-state index contributed by atoms with van der Waals surface area (Å²) in [6.45, 7) is 1.04. The number of nitrogens with two attached hydrogens (primary N) is 1. The van der Waals surface area contributed by atoms with Crippen LogP contribution in [0, 0.1) is 0 Å². The number of hydrogen-bond donors (Lipinski definition) is 1. The highest BCUT2D eigenvalue weighted by Gasteiger charge is 2.31. The summed E-state index contributed by atoms with van der Waals surface area (Å²) in [6, 6.07) is 4.84. The lowest BCUT2D eigenvalue weighted by atomic mass is 10.2. The lowest BCUT2D eigenvalue weighted by molar-refractivity contribution is -0.274. The van der Waals surface area contributed by atoms with E-state index in [0.717, 1.165) is 18.6 Å². The number of likely N-dealkylation sites (tertiary alicyclic amines) is 1. The predicted octanol–water partition coefficient (Wildman–Crippen LogP) is 1.76. The first kappa shape index (κ1) is 13.7. The molecule has 1 unspecified atom stereocenters. The number of nitrogens with zero attached hydrogens (tertiary/aromatic N) is 1. The van der Waals surface area contributed by atoms with Crippen molar-refractivity contribution in [2.75, 3.05) is 13.1 Å². The van der Waals surface area contributed by atoms with Crippen molar-refractivity contribution in [3.8, 4) is 5.75 Å². The standard InChI is InChI=1S/C12H13F3N2O2/c13-12(14,15)19-10-3-1-8(2-4-10)11(18)17-6-5-9(16)7-17/h1-4,9H,5-7,16H2. The molecule has 1 aliphatic rings. The van der Waals surface area contributed by atoms with Gasteiger partial charge in [-0.1, -0.05) is 0 Å². The molecular weight excluding hydrogens is 261 g/mol. The third kappa shape index (κ3) is 3.60. The van der Waals surface area contributed by atoms with Crippen molar-refractivity contribution in [2.45, 2.75) is 18.8 Å². The van der Waals surface area contributed by atoms with E-state index in [1.54, 1.807) is 4.90 Å². The highest BCUT2D eigenvalue weighted by Crippen LogP contribution is 2.23. The molecule has 0 saturated carbocycles. The monoisotopic (exact) mass is 274 g/mol. The first-order valence-corrected chi connectivity index (χ1v) is 5.76. The molecule has 0 bridgehead atoms. The molecule has 0 aliphatic carbocycles. The van der Waals surface area contributed by atoms with Crippen molar-refractivity contribution >= 4 is 5.91 Å². The van der Waals surface area contributed by atoms with Crippen LogP contribution in [0.2, 0.25) is 0 Å². The van der Waals surface area contributed by atoms with E-state index < -0.39 is 6.36 Å². The number of carbonyl (C=O) groups excluding carboxylic acids is 1. The Hall–Kier alpha value is -1.76. The number of carbonyl (C=O) groups is 1. The summed E-state index contributed by atoms with van der Waals surface area (Å²) in [7, 11) is 0. The summed E-state index contributed by atoms with van der Waals surface area (Å²) in [5, 5.41) is 0. The van der Waals surface area contributed by atoms with Gasteiger partial charge in [0.05, 0.1) is 0 Å². The normalized spacial score (nSPS) is 19.6. The summed E-state index contributed by atoms with van der Waals surface area (Å²) in [5.41, 5.74) is 6.02. The topological polar surface area (TPSA) is 55.6 Å². The molecule has 1 saturated heterocycles. The summed E-state index contributed by atoms with van der Waals surface area (Å²) in [5.74, 6) is -0.575. The van der Waals surface area contributed by atoms with Crippen molar-refractivity contribution in [1.29, 1.82) is 0 Å². The van der Waals surface area contributed by atoms with Crippen molar-refractivity contribution in [1.82, 2.24) is 4.90 Å². The van der Waals surface area contributed by atoms with Gasteiger partial charge in [0.2, 0.25) is 0 Å². The van der Waals surface area contributed by atoms with Crippen LogP contribution in [-0.4, -0.2) is 36.3 Å². The van der Waals surface area contributed by atoms with Gasteiger partial charge in [0, 0.05) is 24.7 Å². The molecule has 0 radical (unpaired) electrons. The first-order chi connectivity index (χ1) is 8.85. The minimum atomic E-state index is -4.73.